The number of hydrogen-bond acceptors (Lipinski definition) is 3. The van der Waals surface area contributed by atoms with E-state index in [1.165, 1.54) is 20.0 Å². The second-order valence-electron chi connectivity index (χ2n) is 4.23. The summed E-state index contributed by atoms with van der Waals surface area (Å²) in [6, 6.07) is 10.1. The van der Waals surface area contributed by atoms with E-state index in [-0.39, 0.29) is 12.0 Å². The van der Waals surface area contributed by atoms with E-state index in [0.29, 0.717) is 6.04 Å². The number of likely N-dealkylation sites (N-methyl/N-ethyl adjacent to an activating group) is 1. The summed E-state index contributed by atoms with van der Waals surface area (Å²) in [4.78, 5) is 13.9. The van der Waals surface area contributed by atoms with E-state index >= 15 is 0 Å². The average Bonchev–Trinajstić information content (AvgIpc) is 3.14. The smallest absolute Gasteiger partial charge is 0.327 e. The summed E-state index contributed by atoms with van der Waals surface area (Å²) in [5.41, 5.74) is 1.00. The molecule has 1 unspecified atom stereocenters. The van der Waals surface area contributed by atoms with Crippen LogP contribution < -0.4 is 0 Å². The summed E-state index contributed by atoms with van der Waals surface area (Å²) in [5, 5.41) is 0. The van der Waals surface area contributed by atoms with E-state index in [1.807, 2.05) is 37.4 Å². The predicted molar refractivity (Wildman–Crippen MR) is 62.0 cm³/mol. The lowest BCUT2D eigenvalue weighted by atomic mass is 10.1. The fourth-order valence-electron chi connectivity index (χ4n) is 1.98. The van der Waals surface area contributed by atoms with E-state index < -0.39 is 0 Å². The van der Waals surface area contributed by atoms with Crippen LogP contribution in [0.5, 0.6) is 0 Å². The molecule has 86 valence electrons. The van der Waals surface area contributed by atoms with Gasteiger partial charge in [0, 0.05) is 6.04 Å². The van der Waals surface area contributed by atoms with Gasteiger partial charge in [-0.25, -0.2) is 4.79 Å². The van der Waals surface area contributed by atoms with E-state index in [9.17, 15) is 4.79 Å². The van der Waals surface area contributed by atoms with Gasteiger partial charge in [-0.2, -0.15) is 0 Å². The van der Waals surface area contributed by atoms with E-state index in [2.05, 4.69) is 4.90 Å². The number of benzene rings is 1. The lowest BCUT2D eigenvalue weighted by Crippen LogP contribution is -2.33. The summed E-state index contributed by atoms with van der Waals surface area (Å²) >= 11 is 0. The van der Waals surface area contributed by atoms with Gasteiger partial charge in [-0.15, -0.1) is 0 Å². The van der Waals surface area contributed by atoms with Crippen molar-refractivity contribution >= 4 is 5.97 Å². The number of nitrogens with zero attached hydrogens (tertiary/aromatic N) is 1. The molecule has 1 fully saturated rings. The Balaban J connectivity index is 2.23. The molecule has 0 amide bonds. The third-order valence-electron chi connectivity index (χ3n) is 3.07. The Bertz CT molecular complexity index is 359. The lowest BCUT2D eigenvalue weighted by Gasteiger charge is -2.25. The van der Waals surface area contributed by atoms with Crippen molar-refractivity contribution in [2.45, 2.75) is 24.9 Å². The summed E-state index contributed by atoms with van der Waals surface area (Å²) in [6.45, 7) is 0. The number of methoxy groups -OCH3 is 1. The lowest BCUT2D eigenvalue weighted by molar-refractivity contribution is -0.147. The highest BCUT2D eigenvalue weighted by Gasteiger charge is 2.35. The molecule has 0 heterocycles. The third-order valence-corrected chi connectivity index (χ3v) is 3.07. The van der Waals surface area contributed by atoms with Crippen molar-refractivity contribution in [2.75, 3.05) is 14.2 Å². The number of esters is 1. The van der Waals surface area contributed by atoms with Crippen LogP contribution in [0.15, 0.2) is 30.3 Å². The maximum Gasteiger partial charge on any atom is 0.327 e. The fraction of sp³-hybridized carbons (Fsp3) is 0.462. The van der Waals surface area contributed by atoms with Crippen LogP contribution in [-0.4, -0.2) is 31.1 Å². The summed E-state index contributed by atoms with van der Waals surface area (Å²) in [7, 11) is 3.44. The Hall–Kier alpha value is -1.35. The van der Waals surface area contributed by atoms with Crippen LogP contribution in [0.25, 0.3) is 0 Å². The zero-order valence-electron chi connectivity index (χ0n) is 9.72. The molecule has 1 aromatic carbocycles. The molecule has 3 nitrogen and oxygen atoms in total. The van der Waals surface area contributed by atoms with Gasteiger partial charge in [-0.05, 0) is 25.5 Å². The number of ether oxygens (including phenoxy) is 1. The summed E-state index contributed by atoms with van der Waals surface area (Å²) in [6.07, 6.45) is 2.35. The van der Waals surface area contributed by atoms with Crippen LogP contribution in [0, 0.1) is 0 Å². The Morgan fingerprint density at radius 3 is 2.50 bits per heavy atom. The molecule has 0 spiro atoms. The number of hydrogen-bond donors (Lipinski definition) is 0. The minimum Gasteiger partial charge on any atom is -0.468 e. The molecule has 1 aliphatic rings. The number of carbonyl (C=O) groups is 1. The zero-order chi connectivity index (χ0) is 11.5. The van der Waals surface area contributed by atoms with Gasteiger partial charge in [0.25, 0.3) is 0 Å². The second-order valence-corrected chi connectivity index (χ2v) is 4.23. The molecule has 16 heavy (non-hydrogen) atoms. The van der Waals surface area contributed by atoms with Crippen molar-refractivity contribution in [3.63, 3.8) is 0 Å². The molecule has 3 heteroatoms. The quantitative estimate of drug-likeness (QED) is 0.725. The molecule has 2 rings (SSSR count). The third kappa shape index (κ3) is 2.25. The van der Waals surface area contributed by atoms with Crippen LogP contribution in [0.1, 0.15) is 24.4 Å². The van der Waals surface area contributed by atoms with Crippen LogP contribution in [-0.2, 0) is 9.53 Å². The van der Waals surface area contributed by atoms with Gasteiger partial charge in [0.15, 0.2) is 0 Å². The monoisotopic (exact) mass is 219 g/mol. The standard InChI is InChI=1S/C13H17NO2/c1-14(11-8-9-11)12(13(15)16-2)10-6-4-3-5-7-10/h3-7,11-12H,8-9H2,1-2H3. The van der Waals surface area contributed by atoms with Crippen LogP contribution in [0.2, 0.25) is 0 Å². The SMILES string of the molecule is COC(=O)C(c1ccccc1)N(C)C1CC1. The van der Waals surface area contributed by atoms with Gasteiger partial charge in [-0.1, -0.05) is 30.3 Å². The average molecular weight is 219 g/mol. The van der Waals surface area contributed by atoms with Crippen molar-refractivity contribution in [2.24, 2.45) is 0 Å². The minimum atomic E-state index is -0.265. The van der Waals surface area contributed by atoms with E-state index in [4.69, 9.17) is 4.74 Å². The topological polar surface area (TPSA) is 29.5 Å². The molecule has 1 aromatic rings. The minimum absolute atomic E-state index is 0.180. The second kappa shape index (κ2) is 4.66. The molecule has 0 radical (unpaired) electrons. The molecule has 0 saturated heterocycles. The van der Waals surface area contributed by atoms with Gasteiger partial charge in [0.1, 0.15) is 6.04 Å². The van der Waals surface area contributed by atoms with Gasteiger partial charge in [-0.3, -0.25) is 4.90 Å². The molecule has 0 aromatic heterocycles. The predicted octanol–water partition coefficient (Wildman–Crippen LogP) is 1.99. The first-order chi connectivity index (χ1) is 7.74. The highest BCUT2D eigenvalue weighted by molar-refractivity contribution is 5.77. The van der Waals surface area contributed by atoms with Gasteiger partial charge >= 0.3 is 5.97 Å². The molecule has 1 saturated carbocycles. The first-order valence-corrected chi connectivity index (χ1v) is 5.58. The fourth-order valence-corrected chi connectivity index (χ4v) is 1.98. The normalized spacial score (nSPS) is 17.2. The maximum atomic E-state index is 11.8. The highest BCUT2D eigenvalue weighted by Crippen LogP contribution is 2.33. The Kier molecular flexibility index (Phi) is 3.25. The number of rotatable bonds is 4. The molecule has 1 aliphatic carbocycles. The number of carbonyl (C=O) groups excluding carboxylic acids is 1. The molecular weight excluding hydrogens is 202 g/mol. The summed E-state index contributed by atoms with van der Waals surface area (Å²) < 4.78 is 4.89. The zero-order valence-corrected chi connectivity index (χ0v) is 9.72. The Morgan fingerprint density at radius 2 is 2.00 bits per heavy atom. The van der Waals surface area contributed by atoms with E-state index in [0.717, 1.165) is 5.56 Å². The van der Waals surface area contributed by atoms with Crippen LogP contribution in [0.3, 0.4) is 0 Å². The van der Waals surface area contributed by atoms with Crippen molar-refractivity contribution in [3.05, 3.63) is 35.9 Å². The van der Waals surface area contributed by atoms with Crippen LogP contribution in [0.4, 0.5) is 0 Å². The Labute approximate surface area is 96.0 Å². The first-order valence-electron chi connectivity index (χ1n) is 5.58. The maximum absolute atomic E-state index is 11.8. The van der Waals surface area contributed by atoms with Gasteiger partial charge in [0.05, 0.1) is 7.11 Å². The Morgan fingerprint density at radius 1 is 1.38 bits per heavy atom. The van der Waals surface area contributed by atoms with Crippen molar-refractivity contribution < 1.29 is 9.53 Å². The van der Waals surface area contributed by atoms with Gasteiger partial charge in [0.2, 0.25) is 0 Å². The molecule has 0 N–H and O–H groups in total. The van der Waals surface area contributed by atoms with Gasteiger partial charge < -0.3 is 4.74 Å². The largest absolute Gasteiger partial charge is 0.468 e. The van der Waals surface area contributed by atoms with E-state index in [1.54, 1.807) is 0 Å². The van der Waals surface area contributed by atoms with Crippen molar-refractivity contribution in [3.8, 4) is 0 Å². The van der Waals surface area contributed by atoms with Crippen molar-refractivity contribution in [1.82, 2.24) is 4.90 Å². The first kappa shape index (κ1) is 11.1. The molecule has 1 atom stereocenters. The highest BCUT2D eigenvalue weighted by atomic mass is 16.5. The summed E-state index contributed by atoms with van der Waals surface area (Å²) in [5.74, 6) is -0.180. The molecule has 0 bridgehead atoms. The molecule has 0 aliphatic heterocycles. The van der Waals surface area contributed by atoms with Crippen molar-refractivity contribution in [1.29, 1.82) is 0 Å². The van der Waals surface area contributed by atoms with Crippen LogP contribution >= 0.6 is 0 Å². The molecular formula is C13H17NO2.